The molecule has 0 radical (unpaired) electrons. The number of rotatable bonds is 4. The Morgan fingerprint density at radius 3 is 2.71 bits per heavy atom. The van der Waals surface area contributed by atoms with Crippen LogP contribution >= 0.6 is 11.3 Å². The minimum atomic E-state index is -0.0727. The quantitative estimate of drug-likeness (QED) is 0.883. The van der Waals surface area contributed by atoms with E-state index in [1.54, 1.807) is 0 Å². The molecule has 0 aromatic carbocycles. The van der Waals surface area contributed by atoms with Gasteiger partial charge in [0.05, 0.1) is 10.7 Å². The van der Waals surface area contributed by atoms with Crippen LogP contribution in [0.25, 0.3) is 0 Å². The van der Waals surface area contributed by atoms with Gasteiger partial charge in [-0.15, -0.1) is 11.3 Å². The third-order valence-corrected chi connectivity index (χ3v) is 4.50. The number of nitrogens with zero attached hydrogens (tertiary/aromatic N) is 1. The van der Waals surface area contributed by atoms with E-state index < -0.39 is 0 Å². The monoisotopic (exact) mass is 252 g/mol. The van der Waals surface area contributed by atoms with Gasteiger partial charge in [-0.25, -0.2) is 4.98 Å². The topological polar surface area (TPSA) is 38.9 Å². The van der Waals surface area contributed by atoms with Crippen LogP contribution in [-0.4, -0.2) is 10.5 Å². The lowest BCUT2D eigenvalue weighted by molar-refractivity contribution is 0.436. The van der Waals surface area contributed by atoms with Crippen LogP contribution < -0.4 is 5.73 Å². The zero-order chi connectivity index (χ0) is 12.3. The molecule has 1 aromatic heterocycles. The van der Waals surface area contributed by atoms with Gasteiger partial charge < -0.3 is 5.73 Å². The molecule has 3 heteroatoms. The van der Waals surface area contributed by atoms with Crippen LogP contribution in [0.3, 0.4) is 0 Å². The number of nitrogens with two attached hydrogens (primary N) is 1. The van der Waals surface area contributed by atoms with E-state index in [2.05, 4.69) is 19.2 Å². The van der Waals surface area contributed by atoms with Crippen molar-refractivity contribution in [1.82, 2.24) is 4.98 Å². The summed E-state index contributed by atoms with van der Waals surface area (Å²) in [6, 6.07) is 0. The Morgan fingerprint density at radius 1 is 1.35 bits per heavy atom. The fourth-order valence-electron chi connectivity index (χ4n) is 2.45. The third-order valence-electron chi connectivity index (χ3n) is 3.58. The van der Waals surface area contributed by atoms with Crippen LogP contribution in [0.5, 0.6) is 0 Å². The van der Waals surface area contributed by atoms with E-state index in [9.17, 15) is 0 Å². The normalized spacial score (nSPS) is 18.5. The average Bonchev–Trinajstić information content (AvgIpc) is 2.75. The maximum atomic E-state index is 6.01. The maximum Gasteiger partial charge on any atom is 0.0929 e. The van der Waals surface area contributed by atoms with Crippen molar-refractivity contribution in [3.63, 3.8) is 0 Å². The van der Waals surface area contributed by atoms with Gasteiger partial charge in [-0.2, -0.15) is 0 Å². The minimum absolute atomic E-state index is 0.0727. The molecule has 1 aliphatic carbocycles. The molecule has 1 saturated carbocycles. The molecule has 0 atom stereocenters. The van der Waals surface area contributed by atoms with Crippen molar-refractivity contribution < 1.29 is 0 Å². The fourth-order valence-corrected chi connectivity index (χ4v) is 3.33. The Labute approximate surface area is 109 Å². The van der Waals surface area contributed by atoms with Gasteiger partial charge in [-0.05, 0) is 33.1 Å². The van der Waals surface area contributed by atoms with Crippen molar-refractivity contribution in [2.24, 2.45) is 5.73 Å². The number of aromatic nitrogens is 1. The highest BCUT2D eigenvalue weighted by Gasteiger charge is 2.19. The first-order valence-electron chi connectivity index (χ1n) is 6.78. The van der Waals surface area contributed by atoms with Crippen LogP contribution in [0.1, 0.15) is 69.0 Å². The summed E-state index contributed by atoms with van der Waals surface area (Å²) >= 11 is 1.82. The molecule has 2 N–H and O–H groups in total. The summed E-state index contributed by atoms with van der Waals surface area (Å²) in [5.74, 6) is 0.736. The predicted octanol–water partition coefficient (Wildman–Crippen LogP) is 3.86. The van der Waals surface area contributed by atoms with Crippen LogP contribution in [0.15, 0.2) is 5.38 Å². The highest BCUT2D eigenvalue weighted by atomic mass is 32.1. The Bertz CT molecular complexity index is 345. The lowest BCUT2D eigenvalue weighted by Crippen LogP contribution is -2.32. The van der Waals surface area contributed by atoms with Gasteiger partial charge in [0.1, 0.15) is 0 Å². The molecular weight excluding hydrogens is 228 g/mol. The molecule has 96 valence electrons. The van der Waals surface area contributed by atoms with E-state index >= 15 is 0 Å². The van der Waals surface area contributed by atoms with Gasteiger partial charge in [0.25, 0.3) is 0 Å². The molecule has 1 aromatic rings. The van der Waals surface area contributed by atoms with Crippen molar-refractivity contribution in [3.8, 4) is 0 Å². The third kappa shape index (κ3) is 4.07. The molecule has 0 bridgehead atoms. The second-order valence-electron chi connectivity index (χ2n) is 5.99. The van der Waals surface area contributed by atoms with Gasteiger partial charge in [0.15, 0.2) is 0 Å². The van der Waals surface area contributed by atoms with E-state index in [4.69, 9.17) is 10.7 Å². The summed E-state index contributed by atoms with van der Waals surface area (Å²) in [6.07, 6.45) is 8.90. The number of hydrogen-bond acceptors (Lipinski definition) is 3. The fraction of sp³-hybridized carbons (Fsp3) is 0.786. The maximum absolute atomic E-state index is 6.01. The first kappa shape index (κ1) is 13.0. The zero-order valence-corrected chi connectivity index (χ0v) is 11.9. The van der Waals surface area contributed by atoms with Crippen molar-refractivity contribution in [2.75, 3.05) is 0 Å². The summed E-state index contributed by atoms with van der Waals surface area (Å²) < 4.78 is 0. The minimum Gasteiger partial charge on any atom is -0.326 e. The van der Waals surface area contributed by atoms with Crippen LogP contribution in [0.4, 0.5) is 0 Å². The number of hydrogen-bond donors (Lipinski definition) is 1. The van der Waals surface area contributed by atoms with Crippen LogP contribution in [0.2, 0.25) is 0 Å². The number of aryl methyl sites for hydroxylation is 1. The molecule has 17 heavy (non-hydrogen) atoms. The first-order chi connectivity index (χ1) is 8.04. The van der Waals surface area contributed by atoms with E-state index in [-0.39, 0.29) is 5.54 Å². The summed E-state index contributed by atoms with van der Waals surface area (Å²) in [4.78, 5) is 4.80. The molecule has 0 spiro atoms. The van der Waals surface area contributed by atoms with E-state index in [0.717, 1.165) is 18.8 Å². The van der Waals surface area contributed by atoms with Crippen LogP contribution in [-0.2, 0) is 6.42 Å². The van der Waals surface area contributed by atoms with Gasteiger partial charge in [-0.3, -0.25) is 0 Å². The molecule has 1 fully saturated rings. The smallest absolute Gasteiger partial charge is 0.0929 e. The SMILES string of the molecule is CC(C)(N)CCc1nc(C2CCCCC2)cs1. The number of thiazole rings is 1. The molecule has 1 aliphatic rings. The molecule has 0 amide bonds. The molecule has 1 heterocycles. The molecule has 0 aliphatic heterocycles. The van der Waals surface area contributed by atoms with Gasteiger partial charge >= 0.3 is 0 Å². The van der Waals surface area contributed by atoms with E-state index in [1.165, 1.54) is 42.8 Å². The Morgan fingerprint density at radius 2 is 2.06 bits per heavy atom. The first-order valence-corrected chi connectivity index (χ1v) is 7.66. The van der Waals surface area contributed by atoms with Crippen molar-refractivity contribution in [1.29, 1.82) is 0 Å². The Kier molecular flexibility index (Phi) is 4.21. The molecular formula is C14H24N2S. The summed E-state index contributed by atoms with van der Waals surface area (Å²) in [5.41, 5.74) is 7.28. The van der Waals surface area contributed by atoms with Gasteiger partial charge in [0.2, 0.25) is 0 Å². The van der Waals surface area contributed by atoms with Gasteiger partial charge in [0, 0.05) is 23.3 Å². The average molecular weight is 252 g/mol. The van der Waals surface area contributed by atoms with Crippen LogP contribution in [0, 0.1) is 0 Å². The van der Waals surface area contributed by atoms with Crippen molar-refractivity contribution in [3.05, 3.63) is 16.1 Å². The lowest BCUT2D eigenvalue weighted by Gasteiger charge is -2.19. The summed E-state index contributed by atoms with van der Waals surface area (Å²) in [5, 5.41) is 3.54. The second-order valence-corrected chi connectivity index (χ2v) is 6.93. The van der Waals surface area contributed by atoms with Crippen molar-refractivity contribution >= 4 is 11.3 Å². The summed E-state index contributed by atoms with van der Waals surface area (Å²) in [6.45, 7) is 4.17. The molecule has 0 unspecified atom stereocenters. The van der Waals surface area contributed by atoms with Crippen molar-refractivity contribution in [2.45, 2.75) is 70.3 Å². The standard InChI is InChI=1S/C14H24N2S/c1-14(2,15)9-8-13-16-12(10-17-13)11-6-4-3-5-7-11/h10-11H,3-9,15H2,1-2H3. The Balaban J connectivity index is 1.91. The largest absolute Gasteiger partial charge is 0.326 e. The van der Waals surface area contributed by atoms with Gasteiger partial charge in [-0.1, -0.05) is 19.3 Å². The molecule has 2 rings (SSSR count). The lowest BCUT2D eigenvalue weighted by atomic mass is 9.87. The summed E-state index contributed by atoms with van der Waals surface area (Å²) in [7, 11) is 0. The highest BCUT2D eigenvalue weighted by molar-refractivity contribution is 7.09. The van der Waals surface area contributed by atoms with E-state index in [0.29, 0.717) is 0 Å². The Hall–Kier alpha value is -0.410. The second kappa shape index (κ2) is 5.49. The zero-order valence-electron chi connectivity index (χ0n) is 11.0. The predicted molar refractivity (Wildman–Crippen MR) is 74.5 cm³/mol. The molecule has 2 nitrogen and oxygen atoms in total. The molecule has 0 saturated heterocycles. The highest BCUT2D eigenvalue weighted by Crippen LogP contribution is 2.33. The van der Waals surface area contributed by atoms with E-state index in [1.807, 2.05) is 11.3 Å².